The first kappa shape index (κ1) is 8.02. The quantitative estimate of drug-likeness (QED) is 0.418. The van der Waals surface area contributed by atoms with E-state index >= 15 is 0 Å². The van der Waals surface area contributed by atoms with E-state index in [2.05, 4.69) is 24.4 Å². The molecule has 1 radical (unpaired) electrons. The van der Waals surface area contributed by atoms with Gasteiger partial charge in [-0.2, -0.15) is 5.43 Å². The summed E-state index contributed by atoms with van der Waals surface area (Å²) < 4.78 is 0. The van der Waals surface area contributed by atoms with Gasteiger partial charge in [-0.15, -0.1) is 0 Å². The van der Waals surface area contributed by atoms with E-state index in [9.17, 15) is 0 Å². The summed E-state index contributed by atoms with van der Waals surface area (Å²) in [5.41, 5.74) is 4.41. The normalized spacial score (nSPS) is 18.3. The third kappa shape index (κ3) is 2.67. The molecule has 0 N–H and O–H groups in total. The van der Waals surface area contributed by atoms with Crippen LogP contribution in [-0.2, 0) is 0 Å². The average molecular weight is 141 g/mol. The van der Waals surface area contributed by atoms with Gasteiger partial charge >= 0.3 is 0 Å². The minimum Gasteiger partial charge on any atom is -0.227 e. The van der Waals surface area contributed by atoms with Crippen molar-refractivity contribution in [1.82, 2.24) is 10.4 Å². The molecule has 0 aromatic heterocycles. The maximum atomic E-state index is 4.41. The fourth-order valence-corrected chi connectivity index (χ4v) is 0.950. The van der Waals surface area contributed by atoms with Crippen molar-refractivity contribution in [2.75, 3.05) is 13.6 Å². The molecule has 1 aliphatic carbocycles. The molecule has 0 heterocycles. The Morgan fingerprint density at radius 2 is 2.20 bits per heavy atom. The van der Waals surface area contributed by atoms with Crippen LogP contribution < -0.4 is 5.43 Å². The van der Waals surface area contributed by atoms with Crippen LogP contribution in [0.3, 0.4) is 0 Å². The van der Waals surface area contributed by atoms with E-state index in [1.165, 1.54) is 25.7 Å². The maximum absolute atomic E-state index is 4.41. The Labute approximate surface area is 63.6 Å². The SMILES string of the molecule is CCCC[N]N(C)C1CC1. The fraction of sp³-hybridized carbons (Fsp3) is 1.00. The molecule has 0 bridgehead atoms. The molecular weight excluding hydrogens is 124 g/mol. The van der Waals surface area contributed by atoms with Gasteiger partial charge in [0.1, 0.15) is 0 Å². The van der Waals surface area contributed by atoms with Crippen molar-refractivity contribution in [1.29, 1.82) is 0 Å². The van der Waals surface area contributed by atoms with Gasteiger partial charge in [-0.1, -0.05) is 13.3 Å². The first-order valence-corrected chi connectivity index (χ1v) is 4.25. The van der Waals surface area contributed by atoms with E-state index in [1.54, 1.807) is 0 Å². The molecule has 1 saturated carbocycles. The lowest BCUT2D eigenvalue weighted by atomic mass is 10.3. The van der Waals surface area contributed by atoms with E-state index in [1.807, 2.05) is 0 Å². The van der Waals surface area contributed by atoms with E-state index in [0.717, 1.165) is 12.6 Å². The standard InChI is InChI=1S/C8H17N2/c1-3-4-7-9-10(2)8-5-6-8/h8H,3-7H2,1-2H3. The molecule has 10 heavy (non-hydrogen) atoms. The van der Waals surface area contributed by atoms with Crippen molar-refractivity contribution in [3.63, 3.8) is 0 Å². The first-order valence-electron chi connectivity index (χ1n) is 4.25. The van der Waals surface area contributed by atoms with Crippen LogP contribution in [0, 0.1) is 0 Å². The summed E-state index contributed by atoms with van der Waals surface area (Å²) >= 11 is 0. The Morgan fingerprint density at radius 3 is 2.70 bits per heavy atom. The minimum absolute atomic E-state index is 0.789. The predicted molar refractivity (Wildman–Crippen MR) is 42.7 cm³/mol. The van der Waals surface area contributed by atoms with E-state index in [4.69, 9.17) is 0 Å². The molecule has 0 spiro atoms. The van der Waals surface area contributed by atoms with Crippen LogP contribution in [0.2, 0.25) is 0 Å². The molecule has 0 aliphatic heterocycles. The summed E-state index contributed by atoms with van der Waals surface area (Å²) in [4.78, 5) is 0. The Hall–Kier alpha value is -0.0800. The van der Waals surface area contributed by atoms with Crippen LogP contribution in [0.5, 0.6) is 0 Å². The molecule has 1 aliphatic rings. The van der Waals surface area contributed by atoms with Crippen LogP contribution in [0.25, 0.3) is 0 Å². The number of rotatable bonds is 5. The van der Waals surface area contributed by atoms with Crippen molar-refractivity contribution >= 4 is 0 Å². The largest absolute Gasteiger partial charge is 0.227 e. The van der Waals surface area contributed by atoms with Crippen molar-refractivity contribution in [3.05, 3.63) is 0 Å². The lowest BCUT2D eigenvalue weighted by molar-refractivity contribution is 0.214. The van der Waals surface area contributed by atoms with Crippen LogP contribution in [0.1, 0.15) is 32.6 Å². The highest BCUT2D eigenvalue weighted by atomic mass is 15.5. The molecule has 0 saturated heterocycles. The van der Waals surface area contributed by atoms with Gasteiger partial charge in [-0.05, 0) is 19.3 Å². The van der Waals surface area contributed by atoms with Crippen molar-refractivity contribution in [2.45, 2.75) is 38.6 Å². The molecule has 1 fully saturated rings. The topological polar surface area (TPSA) is 17.3 Å². The highest BCUT2D eigenvalue weighted by Crippen LogP contribution is 2.23. The van der Waals surface area contributed by atoms with E-state index in [0.29, 0.717) is 0 Å². The average Bonchev–Trinajstić information content (AvgIpc) is 2.69. The Kier molecular flexibility index (Phi) is 3.16. The summed E-state index contributed by atoms with van der Waals surface area (Å²) in [6.45, 7) is 3.22. The minimum atomic E-state index is 0.789. The molecule has 2 heteroatoms. The smallest absolute Gasteiger partial charge is 0.0306 e. The van der Waals surface area contributed by atoms with Gasteiger partial charge in [0.05, 0.1) is 0 Å². The van der Waals surface area contributed by atoms with Gasteiger partial charge in [0.2, 0.25) is 0 Å². The van der Waals surface area contributed by atoms with Gasteiger partial charge in [0.25, 0.3) is 0 Å². The summed E-state index contributed by atoms with van der Waals surface area (Å²) in [7, 11) is 2.09. The number of hydrogen-bond donors (Lipinski definition) is 0. The number of nitrogens with zero attached hydrogens (tertiary/aromatic N) is 2. The molecule has 0 aromatic rings. The van der Waals surface area contributed by atoms with Crippen LogP contribution in [0.15, 0.2) is 0 Å². The van der Waals surface area contributed by atoms with Crippen LogP contribution in [0.4, 0.5) is 0 Å². The van der Waals surface area contributed by atoms with Crippen molar-refractivity contribution < 1.29 is 0 Å². The van der Waals surface area contributed by atoms with Gasteiger partial charge in [-0.3, -0.25) is 0 Å². The highest BCUT2D eigenvalue weighted by molar-refractivity contribution is 4.80. The van der Waals surface area contributed by atoms with Gasteiger partial charge in [0, 0.05) is 19.6 Å². The fourth-order valence-electron chi connectivity index (χ4n) is 0.950. The molecule has 0 atom stereocenters. The molecule has 0 unspecified atom stereocenters. The van der Waals surface area contributed by atoms with E-state index in [-0.39, 0.29) is 0 Å². The van der Waals surface area contributed by atoms with Gasteiger partial charge < -0.3 is 0 Å². The molecular formula is C8H17N2. The number of unbranched alkanes of at least 4 members (excludes halogenated alkanes) is 1. The molecule has 0 amide bonds. The Balaban J connectivity index is 1.90. The lowest BCUT2D eigenvalue weighted by Gasteiger charge is -2.13. The number of hydrogen-bond acceptors (Lipinski definition) is 1. The van der Waals surface area contributed by atoms with Crippen molar-refractivity contribution in [3.8, 4) is 0 Å². The van der Waals surface area contributed by atoms with E-state index < -0.39 is 0 Å². The Bertz CT molecular complexity index is 89.3. The van der Waals surface area contributed by atoms with Gasteiger partial charge in [0.15, 0.2) is 0 Å². The maximum Gasteiger partial charge on any atom is 0.0306 e. The molecule has 0 aromatic carbocycles. The molecule has 1 rings (SSSR count). The second-order valence-corrected chi connectivity index (χ2v) is 3.02. The summed E-state index contributed by atoms with van der Waals surface area (Å²) in [5.74, 6) is 0. The zero-order valence-corrected chi connectivity index (χ0v) is 7.01. The lowest BCUT2D eigenvalue weighted by Crippen LogP contribution is -2.30. The molecule has 59 valence electrons. The monoisotopic (exact) mass is 141 g/mol. The summed E-state index contributed by atoms with van der Waals surface area (Å²) in [6, 6.07) is 0.789. The predicted octanol–water partition coefficient (Wildman–Crippen LogP) is 1.40. The highest BCUT2D eigenvalue weighted by Gasteiger charge is 2.26. The first-order chi connectivity index (χ1) is 4.84. The summed E-state index contributed by atoms with van der Waals surface area (Å²) in [6.07, 6.45) is 5.19. The third-order valence-electron chi connectivity index (χ3n) is 1.91. The van der Waals surface area contributed by atoms with Crippen molar-refractivity contribution in [2.24, 2.45) is 0 Å². The van der Waals surface area contributed by atoms with Crippen LogP contribution in [-0.4, -0.2) is 24.6 Å². The Morgan fingerprint density at radius 1 is 1.50 bits per heavy atom. The third-order valence-corrected chi connectivity index (χ3v) is 1.91. The zero-order valence-electron chi connectivity index (χ0n) is 7.01. The second kappa shape index (κ2) is 3.94. The summed E-state index contributed by atoms with van der Waals surface area (Å²) in [5, 5.41) is 2.13. The second-order valence-electron chi connectivity index (χ2n) is 3.02. The van der Waals surface area contributed by atoms with Crippen LogP contribution >= 0.6 is 0 Å². The molecule has 2 nitrogen and oxygen atoms in total. The van der Waals surface area contributed by atoms with Gasteiger partial charge in [-0.25, -0.2) is 5.01 Å². The zero-order chi connectivity index (χ0) is 7.40.